The summed E-state index contributed by atoms with van der Waals surface area (Å²) in [6, 6.07) is -1.81. The molecular weight excluding hydrogens is 236 g/mol. The number of nitrogens with two attached hydrogens (primary N) is 1. The Labute approximate surface area is 86.9 Å². The molecule has 0 unspecified atom stereocenters. The van der Waals surface area contributed by atoms with E-state index in [0.717, 1.165) is 0 Å². The Kier molecular flexibility index (Phi) is 3.79. The molecule has 0 saturated heterocycles. The Morgan fingerprint density at radius 1 is 1.00 bits per heavy atom. The number of alkyl halides is 2. The summed E-state index contributed by atoms with van der Waals surface area (Å²) in [7, 11) is 0. The van der Waals surface area contributed by atoms with Crippen molar-refractivity contribution in [3.8, 4) is 0 Å². The first kappa shape index (κ1) is 12.8. The van der Waals surface area contributed by atoms with Gasteiger partial charge in [0.1, 0.15) is 0 Å². The Morgan fingerprint density at radius 2 is 1.44 bits per heavy atom. The lowest BCUT2D eigenvalue weighted by atomic mass is 10.0. The summed E-state index contributed by atoms with van der Waals surface area (Å²) in [6.07, 6.45) is -4.02. The third kappa shape index (κ3) is 2.46. The minimum absolute atomic E-state index is 0.0107. The van der Waals surface area contributed by atoms with Crippen molar-refractivity contribution < 1.29 is 26.3 Å². The molecule has 0 aliphatic rings. The molecule has 0 aromatic heterocycles. The molecule has 1 nitrogen and oxygen atoms in total. The molecule has 1 aromatic rings. The summed E-state index contributed by atoms with van der Waals surface area (Å²) in [4.78, 5) is 0. The van der Waals surface area contributed by atoms with E-state index in [-0.39, 0.29) is 6.07 Å². The van der Waals surface area contributed by atoms with Crippen LogP contribution < -0.4 is 5.73 Å². The van der Waals surface area contributed by atoms with Crippen LogP contribution in [0.15, 0.2) is 6.07 Å². The fourth-order valence-corrected chi connectivity index (χ4v) is 1.23. The molecule has 1 aromatic carbocycles. The molecule has 2 N–H and O–H groups in total. The fourth-order valence-electron chi connectivity index (χ4n) is 1.23. The predicted octanol–water partition coefficient (Wildman–Crippen LogP) is 2.90. The monoisotopic (exact) mass is 243 g/mol. The Hall–Kier alpha value is -1.24. The van der Waals surface area contributed by atoms with Crippen molar-refractivity contribution in [1.82, 2.24) is 0 Å². The molecule has 0 bridgehead atoms. The van der Waals surface area contributed by atoms with Crippen LogP contribution in [-0.2, 0) is 0 Å². The van der Waals surface area contributed by atoms with Crippen molar-refractivity contribution >= 4 is 0 Å². The van der Waals surface area contributed by atoms with Gasteiger partial charge in [0, 0.05) is 24.1 Å². The van der Waals surface area contributed by atoms with E-state index in [1.165, 1.54) is 0 Å². The van der Waals surface area contributed by atoms with Gasteiger partial charge in [0.05, 0.1) is 0 Å². The highest BCUT2D eigenvalue weighted by atomic mass is 19.3. The normalized spacial score (nSPS) is 13.2. The molecule has 90 valence electrons. The van der Waals surface area contributed by atoms with Gasteiger partial charge in [0.2, 0.25) is 6.43 Å². The number of rotatable bonds is 3. The van der Waals surface area contributed by atoms with Gasteiger partial charge in [-0.25, -0.2) is 26.3 Å². The number of halogens is 6. The minimum atomic E-state index is -2.93. The molecule has 7 heteroatoms. The van der Waals surface area contributed by atoms with Gasteiger partial charge in [0.15, 0.2) is 23.3 Å². The van der Waals surface area contributed by atoms with Crippen LogP contribution in [-0.4, -0.2) is 6.43 Å². The van der Waals surface area contributed by atoms with E-state index in [9.17, 15) is 26.3 Å². The lowest BCUT2D eigenvalue weighted by Crippen LogP contribution is -2.19. The Bertz CT molecular complexity index is 366. The molecule has 0 spiro atoms. The van der Waals surface area contributed by atoms with Crippen molar-refractivity contribution in [2.75, 3.05) is 0 Å². The molecule has 0 amide bonds. The molecule has 1 rings (SSSR count). The number of hydrogen-bond acceptors (Lipinski definition) is 1. The van der Waals surface area contributed by atoms with Gasteiger partial charge in [-0.2, -0.15) is 0 Å². The summed E-state index contributed by atoms with van der Waals surface area (Å²) >= 11 is 0. The first-order chi connectivity index (χ1) is 7.34. The lowest BCUT2D eigenvalue weighted by molar-refractivity contribution is 0.127. The van der Waals surface area contributed by atoms with Gasteiger partial charge in [-0.05, 0) is 0 Å². The van der Waals surface area contributed by atoms with E-state index in [4.69, 9.17) is 5.73 Å². The van der Waals surface area contributed by atoms with Gasteiger partial charge in [-0.15, -0.1) is 0 Å². The van der Waals surface area contributed by atoms with Gasteiger partial charge in [0.25, 0.3) is 0 Å². The highest BCUT2D eigenvalue weighted by molar-refractivity contribution is 5.25. The summed E-state index contributed by atoms with van der Waals surface area (Å²) in [5, 5.41) is 0. The molecular formula is C9H7F6N. The van der Waals surface area contributed by atoms with Crippen LogP contribution in [0.3, 0.4) is 0 Å². The van der Waals surface area contributed by atoms with Crippen molar-refractivity contribution in [3.05, 3.63) is 34.9 Å². The molecule has 0 saturated carbocycles. The summed E-state index contributed by atoms with van der Waals surface area (Å²) < 4.78 is 75.3. The molecule has 0 aliphatic heterocycles. The van der Waals surface area contributed by atoms with Crippen molar-refractivity contribution in [2.45, 2.75) is 18.9 Å². The van der Waals surface area contributed by atoms with Gasteiger partial charge < -0.3 is 5.73 Å². The second kappa shape index (κ2) is 4.73. The second-order valence-corrected chi connectivity index (χ2v) is 3.12. The van der Waals surface area contributed by atoms with E-state index in [1.807, 2.05) is 0 Å². The van der Waals surface area contributed by atoms with Crippen LogP contribution in [0.2, 0.25) is 0 Å². The van der Waals surface area contributed by atoms with Crippen LogP contribution in [0.4, 0.5) is 26.3 Å². The summed E-state index contributed by atoms with van der Waals surface area (Å²) in [6.45, 7) is 0. The smallest absolute Gasteiger partial charge is 0.240 e. The molecule has 16 heavy (non-hydrogen) atoms. The van der Waals surface area contributed by atoms with Crippen LogP contribution in [0, 0.1) is 23.3 Å². The van der Waals surface area contributed by atoms with Crippen LogP contribution in [0.25, 0.3) is 0 Å². The summed E-state index contributed by atoms with van der Waals surface area (Å²) in [5.41, 5.74) is 3.85. The van der Waals surface area contributed by atoms with Crippen LogP contribution >= 0.6 is 0 Å². The van der Waals surface area contributed by atoms with E-state index in [2.05, 4.69) is 0 Å². The average molecular weight is 243 g/mol. The fraction of sp³-hybridized carbons (Fsp3) is 0.333. The van der Waals surface area contributed by atoms with Crippen molar-refractivity contribution in [2.24, 2.45) is 5.73 Å². The van der Waals surface area contributed by atoms with Gasteiger partial charge in [-0.1, -0.05) is 0 Å². The van der Waals surface area contributed by atoms with E-state index < -0.39 is 47.7 Å². The second-order valence-electron chi connectivity index (χ2n) is 3.12. The minimum Gasteiger partial charge on any atom is -0.324 e. The average Bonchev–Trinajstić information content (AvgIpc) is 2.14. The van der Waals surface area contributed by atoms with Crippen LogP contribution in [0.1, 0.15) is 18.0 Å². The Morgan fingerprint density at radius 3 is 1.81 bits per heavy atom. The zero-order valence-electron chi connectivity index (χ0n) is 7.78. The predicted molar refractivity (Wildman–Crippen MR) is 43.8 cm³/mol. The Balaban J connectivity index is 3.21. The standard InChI is InChI=1S/C9H7F6N/c10-3-1-4(11)9(15)7(8(3)14)5(16)2-6(12)13/h1,5-6H,2,16H2/t5-/m1/s1. The van der Waals surface area contributed by atoms with Gasteiger partial charge >= 0.3 is 0 Å². The SMILES string of the molecule is N[C@H](CC(F)F)c1c(F)c(F)cc(F)c1F. The molecule has 0 radical (unpaired) electrons. The first-order valence-electron chi connectivity index (χ1n) is 4.21. The van der Waals surface area contributed by atoms with Gasteiger partial charge in [-0.3, -0.25) is 0 Å². The largest absolute Gasteiger partial charge is 0.324 e. The molecule has 1 atom stereocenters. The third-order valence-corrected chi connectivity index (χ3v) is 1.95. The van der Waals surface area contributed by atoms with Crippen molar-refractivity contribution in [1.29, 1.82) is 0 Å². The first-order valence-corrected chi connectivity index (χ1v) is 4.21. The molecule has 0 fully saturated rings. The molecule has 0 heterocycles. The maximum absolute atomic E-state index is 13.0. The molecule has 0 aliphatic carbocycles. The summed E-state index contributed by atoms with van der Waals surface area (Å²) in [5.74, 6) is -6.82. The van der Waals surface area contributed by atoms with Crippen LogP contribution in [0.5, 0.6) is 0 Å². The maximum atomic E-state index is 13.0. The zero-order valence-corrected chi connectivity index (χ0v) is 7.78. The topological polar surface area (TPSA) is 26.0 Å². The van der Waals surface area contributed by atoms with Crippen molar-refractivity contribution in [3.63, 3.8) is 0 Å². The lowest BCUT2D eigenvalue weighted by Gasteiger charge is -2.14. The third-order valence-electron chi connectivity index (χ3n) is 1.95. The quantitative estimate of drug-likeness (QED) is 0.641. The highest BCUT2D eigenvalue weighted by Crippen LogP contribution is 2.27. The maximum Gasteiger partial charge on any atom is 0.240 e. The van der Waals surface area contributed by atoms with E-state index in [1.54, 1.807) is 0 Å². The highest BCUT2D eigenvalue weighted by Gasteiger charge is 2.25. The van der Waals surface area contributed by atoms with E-state index in [0.29, 0.717) is 0 Å². The van der Waals surface area contributed by atoms with E-state index >= 15 is 0 Å². The zero-order chi connectivity index (χ0) is 12.5. The number of benzene rings is 1. The number of hydrogen-bond donors (Lipinski definition) is 1.